The minimum atomic E-state index is -4.56. The lowest BCUT2D eigenvalue weighted by molar-refractivity contribution is -0.137. The van der Waals surface area contributed by atoms with Crippen LogP contribution < -0.4 is 0 Å². The van der Waals surface area contributed by atoms with Crippen molar-refractivity contribution in [2.75, 3.05) is 0 Å². The lowest BCUT2D eigenvalue weighted by Crippen LogP contribution is -2.06. The first-order chi connectivity index (χ1) is 9.20. The quantitative estimate of drug-likeness (QED) is 0.514. The third-order valence-corrected chi connectivity index (χ3v) is 3.71. The molecule has 106 valence electrons. The van der Waals surface area contributed by atoms with Crippen LogP contribution in [0.25, 0.3) is 11.1 Å². The summed E-state index contributed by atoms with van der Waals surface area (Å²) in [5.74, 6) is 0. The molecule has 0 bridgehead atoms. The van der Waals surface area contributed by atoms with Gasteiger partial charge in [0.05, 0.1) is 20.6 Å². The van der Waals surface area contributed by atoms with Crippen molar-refractivity contribution in [3.8, 4) is 11.1 Å². The topological polar surface area (TPSA) is 0 Å². The van der Waals surface area contributed by atoms with Gasteiger partial charge >= 0.3 is 6.18 Å². The zero-order valence-corrected chi connectivity index (χ0v) is 12.6. The van der Waals surface area contributed by atoms with Gasteiger partial charge in [-0.15, -0.1) is 0 Å². The molecule has 20 heavy (non-hydrogen) atoms. The molecule has 0 fully saturated rings. The van der Waals surface area contributed by atoms with Gasteiger partial charge in [0.15, 0.2) is 0 Å². The van der Waals surface area contributed by atoms with Crippen LogP contribution in [-0.2, 0) is 6.18 Å². The van der Waals surface area contributed by atoms with Crippen molar-refractivity contribution in [2.45, 2.75) is 6.18 Å². The van der Waals surface area contributed by atoms with E-state index in [9.17, 15) is 13.2 Å². The molecule has 0 saturated carbocycles. The van der Waals surface area contributed by atoms with E-state index in [4.69, 9.17) is 46.4 Å². The van der Waals surface area contributed by atoms with Gasteiger partial charge in [0, 0.05) is 10.6 Å². The van der Waals surface area contributed by atoms with E-state index in [1.54, 1.807) is 0 Å². The second kappa shape index (κ2) is 5.64. The Morgan fingerprint density at radius 1 is 0.750 bits per heavy atom. The van der Waals surface area contributed by atoms with Gasteiger partial charge < -0.3 is 0 Å². The highest BCUT2D eigenvalue weighted by Crippen LogP contribution is 2.41. The SMILES string of the molecule is FC(F)(F)c1cc(-c2c(Cl)cc(Cl)cc2Cl)ccc1Cl. The highest BCUT2D eigenvalue weighted by atomic mass is 35.5. The van der Waals surface area contributed by atoms with Gasteiger partial charge in [-0.1, -0.05) is 52.5 Å². The Bertz CT molecular complexity index is 642. The summed E-state index contributed by atoms with van der Waals surface area (Å²) in [5.41, 5.74) is -0.452. The summed E-state index contributed by atoms with van der Waals surface area (Å²) in [6, 6.07) is 6.29. The predicted molar refractivity (Wildman–Crippen MR) is 76.9 cm³/mol. The number of hydrogen-bond acceptors (Lipinski definition) is 0. The molecule has 0 nitrogen and oxygen atoms in total. The van der Waals surface area contributed by atoms with Crippen molar-refractivity contribution < 1.29 is 13.2 Å². The van der Waals surface area contributed by atoms with Crippen LogP contribution in [0.4, 0.5) is 13.2 Å². The Morgan fingerprint density at radius 3 is 1.80 bits per heavy atom. The number of hydrogen-bond donors (Lipinski definition) is 0. The van der Waals surface area contributed by atoms with Crippen LogP contribution in [0.5, 0.6) is 0 Å². The zero-order valence-electron chi connectivity index (χ0n) is 9.53. The molecule has 0 aliphatic heterocycles. The number of benzene rings is 2. The molecular weight excluding hydrogens is 355 g/mol. The van der Waals surface area contributed by atoms with Crippen molar-refractivity contribution in [3.05, 3.63) is 56.0 Å². The number of rotatable bonds is 1. The van der Waals surface area contributed by atoms with Crippen LogP contribution in [0, 0.1) is 0 Å². The molecular formula is C13H5Cl4F3. The van der Waals surface area contributed by atoms with Crippen molar-refractivity contribution in [2.24, 2.45) is 0 Å². The monoisotopic (exact) mass is 358 g/mol. The average Bonchev–Trinajstić information content (AvgIpc) is 2.28. The molecule has 0 spiro atoms. The molecule has 0 radical (unpaired) electrons. The van der Waals surface area contributed by atoms with Crippen LogP contribution >= 0.6 is 46.4 Å². The lowest BCUT2D eigenvalue weighted by atomic mass is 10.0. The molecule has 0 aromatic heterocycles. The van der Waals surface area contributed by atoms with E-state index in [0.29, 0.717) is 5.02 Å². The second-order valence-corrected chi connectivity index (χ2v) is 5.59. The fourth-order valence-corrected chi connectivity index (χ4v) is 2.98. The summed E-state index contributed by atoms with van der Waals surface area (Å²) in [7, 11) is 0. The maximum absolute atomic E-state index is 12.8. The van der Waals surface area contributed by atoms with E-state index in [1.807, 2.05) is 0 Å². The molecule has 2 rings (SSSR count). The fraction of sp³-hybridized carbons (Fsp3) is 0.0769. The summed E-state index contributed by atoms with van der Waals surface area (Å²) >= 11 is 23.3. The van der Waals surface area contributed by atoms with Crippen molar-refractivity contribution >= 4 is 46.4 Å². The minimum Gasteiger partial charge on any atom is -0.166 e. The van der Waals surface area contributed by atoms with Gasteiger partial charge in [0.25, 0.3) is 0 Å². The fourth-order valence-electron chi connectivity index (χ4n) is 1.72. The summed E-state index contributed by atoms with van der Waals surface area (Å²) in [4.78, 5) is 0. The van der Waals surface area contributed by atoms with Gasteiger partial charge in [-0.2, -0.15) is 13.2 Å². The van der Waals surface area contributed by atoms with E-state index >= 15 is 0 Å². The molecule has 7 heteroatoms. The molecule has 0 aliphatic rings. The van der Waals surface area contributed by atoms with Crippen LogP contribution in [0.15, 0.2) is 30.3 Å². The number of alkyl halides is 3. The highest BCUT2D eigenvalue weighted by Gasteiger charge is 2.33. The Labute approximate surface area is 133 Å². The molecule has 0 unspecified atom stereocenters. The summed E-state index contributed by atoms with van der Waals surface area (Å²) in [6.07, 6.45) is -4.56. The molecule has 0 atom stereocenters. The van der Waals surface area contributed by atoms with E-state index in [-0.39, 0.29) is 26.2 Å². The molecule has 2 aromatic rings. The standard InChI is InChI=1S/C13H5Cl4F3/c14-7-4-10(16)12(11(17)5-7)6-1-2-9(15)8(3-6)13(18,19)20/h1-5H. The van der Waals surface area contributed by atoms with Crippen LogP contribution in [0.3, 0.4) is 0 Å². The lowest BCUT2D eigenvalue weighted by Gasteiger charge is -2.13. The highest BCUT2D eigenvalue weighted by molar-refractivity contribution is 6.41. The third kappa shape index (κ3) is 3.17. The minimum absolute atomic E-state index is 0.165. The Balaban J connectivity index is 2.66. The molecule has 0 N–H and O–H groups in total. The Morgan fingerprint density at radius 2 is 1.30 bits per heavy atom. The normalized spacial score (nSPS) is 11.8. The van der Waals surface area contributed by atoms with Gasteiger partial charge in [-0.3, -0.25) is 0 Å². The van der Waals surface area contributed by atoms with Crippen LogP contribution in [-0.4, -0.2) is 0 Å². The van der Waals surface area contributed by atoms with Gasteiger partial charge in [-0.05, 0) is 29.8 Å². The number of halogens is 7. The summed E-state index contributed by atoms with van der Waals surface area (Å²) < 4.78 is 38.5. The van der Waals surface area contributed by atoms with E-state index in [0.717, 1.165) is 12.1 Å². The van der Waals surface area contributed by atoms with Crippen LogP contribution in [0.1, 0.15) is 5.56 Å². The maximum atomic E-state index is 12.8. The van der Waals surface area contributed by atoms with Gasteiger partial charge in [0.1, 0.15) is 0 Å². The first-order valence-electron chi connectivity index (χ1n) is 5.22. The van der Waals surface area contributed by atoms with Crippen molar-refractivity contribution in [1.82, 2.24) is 0 Å². The van der Waals surface area contributed by atoms with E-state index in [1.165, 1.54) is 18.2 Å². The van der Waals surface area contributed by atoms with Crippen LogP contribution in [0.2, 0.25) is 20.1 Å². The maximum Gasteiger partial charge on any atom is 0.417 e. The smallest absolute Gasteiger partial charge is 0.166 e. The Hall–Kier alpha value is -0.610. The van der Waals surface area contributed by atoms with E-state index in [2.05, 4.69) is 0 Å². The second-order valence-electron chi connectivity index (χ2n) is 3.94. The molecule has 0 amide bonds. The van der Waals surface area contributed by atoms with Crippen molar-refractivity contribution in [1.29, 1.82) is 0 Å². The molecule has 0 saturated heterocycles. The average molecular weight is 360 g/mol. The summed E-state index contributed by atoms with van der Waals surface area (Å²) in [6.45, 7) is 0. The van der Waals surface area contributed by atoms with E-state index < -0.39 is 11.7 Å². The van der Waals surface area contributed by atoms with Gasteiger partial charge in [0.2, 0.25) is 0 Å². The Kier molecular flexibility index (Phi) is 4.45. The van der Waals surface area contributed by atoms with Gasteiger partial charge in [-0.25, -0.2) is 0 Å². The van der Waals surface area contributed by atoms with Crippen molar-refractivity contribution in [3.63, 3.8) is 0 Å². The largest absolute Gasteiger partial charge is 0.417 e. The summed E-state index contributed by atoms with van der Waals surface area (Å²) in [5, 5.41) is 0.243. The molecule has 2 aromatic carbocycles. The third-order valence-electron chi connectivity index (χ3n) is 2.57. The first-order valence-corrected chi connectivity index (χ1v) is 6.73. The first kappa shape index (κ1) is 15.8. The predicted octanol–water partition coefficient (Wildman–Crippen LogP) is 6.99. The molecule has 0 aliphatic carbocycles. The zero-order chi connectivity index (χ0) is 15.1. The molecule has 0 heterocycles.